The summed E-state index contributed by atoms with van der Waals surface area (Å²) in [5.41, 5.74) is 5.61. The maximum atomic E-state index is 3.83. The van der Waals surface area contributed by atoms with E-state index in [1.807, 2.05) is 0 Å². The Morgan fingerprint density at radius 3 is 1.63 bits per heavy atom. The molecule has 0 aliphatic heterocycles. The predicted octanol–water partition coefficient (Wildman–Crippen LogP) is 5.56. The third-order valence-corrected chi connectivity index (χ3v) is 5.98. The highest BCUT2D eigenvalue weighted by Gasteiger charge is 2.24. The fourth-order valence-corrected chi connectivity index (χ4v) is 4.03. The maximum absolute atomic E-state index is 3.83. The van der Waals surface area contributed by atoms with Crippen molar-refractivity contribution in [1.29, 1.82) is 0 Å². The fourth-order valence-electron chi connectivity index (χ4n) is 4.03. The number of nitrogens with one attached hydrogen (secondary N) is 2. The Balaban J connectivity index is 1.51. The van der Waals surface area contributed by atoms with Crippen LogP contribution in [0.4, 0.5) is 0 Å². The minimum absolute atomic E-state index is 0.568. The predicted molar refractivity (Wildman–Crippen MR) is 116 cm³/mol. The summed E-state index contributed by atoms with van der Waals surface area (Å²) in [5.74, 6) is 0.602. The van der Waals surface area contributed by atoms with E-state index in [1.54, 1.807) is 0 Å². The van der Waals surface area contributed by atoms with Gasteiger partial charge in [-0.15, -0.1) is 0 Å². The van der Waals surface area contributed by atoms with Crippen LogP contribution in [0, 0.1) is 0 Å². The first kappa shape index (κ1) is 20.1. The summed E-state index contributed by atoms with van der Waals surface area (Å²) in [6.07, 6.45) is 6.34. The molecule has 1 aliphatic carbocycles. The summed E-state index contributed by atoms with van der Waals surface area (Å²) in [7, 11) is 0. The van der Waals surface area contributed by atoms with Gasteiger partial charge >= 0.3 is 0 Å². The molecular formula is C25H36N2. The Labute approximate surface area is 165 Å². The molecule has 1 fully saturated rings. The Hall–Kier alpha value is -1.64. The van der Waals surface area contributed by atoms with Gasteiger partial charge in [-0.2, -0.15) is 0 Å². The first-order chi connectivity index (χ1) is 13.2. The average molecular weight is 365 g/mol. The molecule has 2 heteroatoms. The van der Waals surface area contributed by atoms with Gasteiger partial charge < -0.3 is 10.6 Å². The number of benzene rings is 2. The number of hydrogen-bond acceptors (Lipinski definition) is 2. The van der Waals surface area contributed by atoms with Gasteiger partial charge in [-0.05, 0) is 47.4 Å². The largest absolute Gasteiger partial charge is 0.308 e. The summed E-state index contributed by atoms with van der Waals surface area (Å²) in [4.78, 5) is 0. The summed E-state index contributed by atoms with van der Waals surface area (Å²) < 4.78 is 0. The summed E-state index contributed by atoms with van der Waals surface area (Å²) >= 11 is 0. The molecule has 0 amide bonds. The van der Waals surface area contributed by atoms with Crippen LogP contribution in [-0.2, 0) is 19.5 Å². The second kappa shape index (κ2) is 10.1. The molecule has 2 unspecified atom stereocenters. The van der Waals surface area contributed by atoms with E-state index in [0.29, 0.717) is 18.0 Å². The topological polar surface area (TPSA) is 24.1 Å². The van der Waals surface area contributed by atoms with Gasteiger partial charge in [-0.25, -0.2) is 0 Å². The maximum Gasteiger partial charge on any atom is 0.0224 e. The van der Waals surface area contributed by atoms with Gasteiger partial charge in [-0.1, -0.05) is 82.1 Å². The van der Waals surface area contributed by atoms with Crippen molar-refractivity contribution in [3.63, 3.8) is 0 Å². The number of rotatable bonds is 8. The van der Waals surface area contributed by atoms with Crippen molar-refractivity contribution in [2.75, 3.05) is 0 Å². The van der Waals surface area contributed by atoms with Gasteiger partial charge in [0.15, 0.2) is 0 Å². The van der Waals surface area contributed by atoms with Gasteiger partial charge in [0.05, 0.1) is 0 Å². The molecule has 2 aromatic carbocycles. The molecule has 0 heterocycles. The Bertz CT molecular complexity index is 672. The molecule has 0 radical (unpaired) electrons. The van der Waals surface area contributed by atoms with Crippen LogP contribution in [0.1, 0.15) is 74.6 Å². The third-order valence-electron chi connectivity index (χ3n) is 5.98. The second-order valence-electron chi connectivity index (χ2n) is 8.33. The molecule has 3 rings (SSSR count). The molecule has 0 bridgehead atoms. The number of hydrogen-bond donors (Lipinski definition) is 2. The van der Waals surface area contributed by atoms with Crippen LogP contribution in [0.3, 0.4) is 0 Å². The molecule has 1 saturated carbocycles. The van der Waals surface area contributed by atoms with Crippen LogP contribution in [-0.4, -0.2) is 12.1 Å². The van der Waals surface area contributed by atoms with E-state index in [0.717, 1.165) is 19.5 Å². The zero-order valence-electron chi connectivity index (χ0n) is 17.3. The SMILES string of the molecule is CCc1ccc(CNC2CCCCC2NCc2ccc(C(C)C)cc2)cc1. The van der Waals surface area contributed by atoms with Crippen molar-refractivity contribution in [3.8, 4) is 0 Å². The summed E-state index contributed by atoms with van der Waals surface area (Å²) in [5, 5.41) is 7.65. The first-order valence-corrected chi connectivity index (χ1v) is 10.8. The molecule has 146 valence electrons. The molecule has 0 saturated heterocycles. The monoisotopic (exact) mass is 364 g/mol. The van der Waals surface area contributed by atoms with E-state index in [9.17, 15) is 0 Å². The van der Waals surface area contributed by atoms with E-state index in [-0.39, 0.29) is 0 Å². The number of aryl methyl sites for hydroxylation is 1. The summed E-state index contributed by atoms with van der Waals surface area (Å²) in [6, 6.07) is 19.3. The Morgan fingerprint density at radius 2 is 1.19 bits per heavy atom. The molecular weight excluding hydrogens is 328 g/mol. The van der Waals surface area contributed by atoms with Gasteiger partial charge in [0.1, 0.15) is 0 Å². The van der Waals surface area contributed by atoms with E-state index >= 15 is 0 Å². The van der Waals surface area contributed by atoms with Gasteiger partial charge in [-0.3, -0.25) is 0 Å². The zero-order chi connectivity index (χ0) is 19.1. The van der Waals surface area contributed by atoms with Crippen LogP contribution < -0.4 is 10.6 Å². The van der Waals surface area contributed by atoms with Crippen molar-refractivity contribution in [2.45, 2.75) is 84.0 Å². The van der Waals surface area contributed by atoms with Crippen LogP contribution in [0.15, 0.2) is 48.5 Å². The van der Waals surface area contributed by atoms with E-state index in [1.165, 1.54) is 47.9 Å². The third kappa shape index (κ3) is 5.92. The van der Waals surface area contributed by atoms with Gasteiger partial charge in [0.25, 0.3) is 0 Å². The van der Waals surface area contributed by atoms with E-state index < -0.39 is 0 Å². The minimum Gasteiger partial charge on any atom is -0.308 e. The lowest BCUT2D eigenvalue weighted by Gasteiger charge is -2.33. The second-order valence-corrected chi connectivity index (χ2v) is 8.33. The summed E-state index contributed by atoms with van der Waals surface area (Å²) in [6.45, 7) is 8.65. The highest BCUT2D eigenvalue weighted by atomic mass is 15.0. The highest BCUT2D eigenvalue weighted by Crippen LogP contribution is 2.20. The quantitative estimate of drug-likeness (QED) is 0.640. The van der Waals surface area contributed by atoms with Crippen molar-refractivity contribution in [1.82, 2.24) is 10.6 Å². The Kier molecular flexibility index (Phi) is 7.49. The van der Waals surface area contributed by atoms with Crippen molar-refractivity contribution in [3.05, 3.63) is 70.8 Å². The molecule has 0 spiro atoms. The fraction of sp³-hybridized carbons (Fsp3) is 0.520. The van der Waals surface area contributed by atoms with E-state index in [4.69, 9.17) is 0 Å². The zero-order valence-corrected chi connectivity index (χ0v) is 17.3. The van der Waals surface area contributed by atoms with Crippen LogP contribution in [0.5, 0.6) is 0 Å². The minimum atomic E-state index is 0.568. The molecule has 27 heavy (non-hydrogen) atoms. The molecule has 2 N–H and O–H groups in total. The van der Waals surface area contributed by atoms with Crippen molar-refractivity contribution >= 4 is 0 Å². The lowest BCUT2D eigenvalue weighted by atomic mass is 9.90. The van der Waals surface area contributed by atoms with Crippen LogP contribution in [0.2, 0.25) is 0 Å². The normalized spacial score (nSPS) is 20.1. The molecule has 1 aliphatic rings. The molecule has 2 nitrogen and oxygen atoms in total. The Morgan fingerprint density at radius 1 is 0.741 bits per heavy atom. The van der Waals surface area contributed by atoms with E-state index in [2.05, 4.69) is 79.9 Å². The van der Waals surface area contributed by atoms with Gasteiger partial charge in [0.2, 0.25) is 0 Å². The molecule has 0 aromatic heterocycles. The van der Waals surface area contributed by atoms with Gasteiger partial charge in [0, 0.05) is 25.2 Å². The van der Waals surface area contributed by atoms with Crippen molar-refractivity contribution < 1.29 is 0 Å². The standard InChI is InChI=1S/C25H36N2/c1-4-20-9-11-21(12-10-20)17-26-24-7-5-6-8-25(24)27-18-22-13-15-23(16-14-22)19(2)3/h9-16,19,24-27H,4-8,17-18H2,1-3H3. The van der Waals surface area contributed by atoms with Crippen LogP contribution >= 0.6 is 0 Å². The molecule has 2 atom stereocenters. The smallest absolute Gasteiger partial charge is 0.0224 e. The lowest BCUT2D eigenvalue weighted by Crippen LogP contribution is -2.49. The van der Waals surface area contributed by atoms with Crippen molar-refractivity contribution in [2.24, 2.45) is 0 Å². The average Bonchev–Trinajstić information content (AvgIpc) is 2.72. The van der Waals surface area contributed by atoms with Crippen LogP contribution in [0.25, 0.3) is 0 Å². The molecule has 2 aromatic rings. The highest BCUT2D eigenvalue weighted by molar-refractivity contribution is 5.25. The first-order valence-electron chi connectivity index (χ1n) is 10.8. The lowest BCUT2D eigenvalue weighted by molar-refractivity contribution is 0.281.